The zero-order valence-corrected chi connectivity index (χ0v) is 15.4. The fraction of sp³-hybridized carbons (Fsp3) is 0.238. The fourth-order valence-corrected chi connectivity index (χ4v) is 4.17. The number of halogens is 1. The monoisotopic (exact) mass is 366 g/mol. The van der Waals surface area contributed by atoms with E-state index in [1.807, 2.05) is 16.3 Å². The number of aromatic nitrogens is 1. The molecule has 0 spiro atoms. The van der Waals surface area contributed by atoms with Crippen molar-refractivity contribution in [1.82, 2.24) is 4.98 Å². The van der Waals surface area contributed by atoms with Crippen LogP contribution < -0.4 is 4.90 Å². The Morgan fingerprint density at radius 2 is 2.04 bits per heavy atom. The second kappa shape index (κ2) is 7.00. The molecule has 3 aromatic rings. The normalized spacial score (nSPS) is 13.5. The molecule has 4 rings (SSSR count). The van der Waals surface area contributed by atoms with E-state index in [1.165, 1.54) is 34.6 Å². The number of nitrogens with zero attached hydrogens (tertiary/aromatic N) is 2. The zero-order valence-electron chi connectivity index (χ0n) is 14.5. The number of benzene rings is 2. The number of thiazole rings is 1. The predicted octanol–water partition coefficient (Wildman–Crippen LogP) is 4.78. The Labute approximate surface area is 156 Å². The molecule has 0 aliphatic carbocycles. The van der Waals surface area contributed by atoms with E-state index >= 15 is 0 Å². The van der Waals surface area contributed by atoms with Gasteiger partial charge in [0.1, 0.15) is 10.8 Å². The molecule has 3 nitrogen and oxygen atoms in total. The summed E-state index contributed by atoms with van der Waals surface area (Å²) >= 11 is 1.48. The van der Waals surface area contributed by atoms with E-state index in [9.17, 15) is 9.18 Å². The summed E-state index contributed by atoms with van der Waals surface area (Å²) in [5.41, 5.74) is 5.13. The van der Waals surface area contributed by atoms with Gasteiger partial charge in [-0.05, 0) is 55.7 Å². The molecule has 1 aliphatic heterocycles. The molecule has 0 N–H and O–H groups in total. The standard InChI is InChI=1S/C21H19FN2OS/c1-14-4-9-19-16(11-14)3-2-10-24(19)20(25)12-18-13-26-21(23-18)15-5-7-17(22)8-6-15/h4-9,11,13H,2-3,10,12H2,1H3. The van der Waals surface area contributed by atoms with E-state index in [1.54, 1.807) is 12.1 Å². The van der Waals surface area contributed by atoms with Crippen LogP contribution in [0.5, 0.6) is 0 Å². The molecule has 1 aliphatic rings. The molecule has 2 aromatic carbocycles. The van der Waals surface area contributed by atoms with Gasteiger partial charge in [0, 0.05) is 23.2 Å². The Hall–Kier alpha value is -2.53. The van der Waals surface area contributed by atoms with Gasteiger partial charge in [-0.3, -0.25) is 4.79 Å². The zero-order chi connectivity index (χ0) is 18.1. The minimum atomic E-state index is -0.264. The Bertz CT molecular complexity index is 949. The van der Waals surface area contributed by atoms with Crippen LogP contribution in [0, 0.1) is 12.7 Å². The van der Waals surface area contributed by atoms with Crippen LogP contribution >= 0.6 is 11.3 Å². The number of aryl methyl sites for hydroxylation is 2. The number of anilines is 1. The average molecular weight is 366 g/mol. The summed E-state index contributed by atoms with van der Waals surface area (Å²) in [5, 5.41) is 2.72. The lowest BCUT2D eigenvalue weighted by Gasteiger charge is -2.29. The van der Waals surface area contributed by atoms with Crippen LogP contribution in [0.3, 0.4) is 0 Å². The highest BCUT2D eigenvalue weighted by Gasteiger charge is 2.23. The smallest absolute Gasteiger partial charge is 0.233 e. The first-order valence-corrected chi connectivity index (χ1v) is 9.58. The molecule has 0 radical (unpaired) electrons. The van der Waals surface area contributed by atoms with Gasteiger partial charge in [0.15, 0.2) is 0 Å². The van der Waals surface area contributed by atoms with E-state index in [-0.39, 0.29) is 18.1 Å². The molecule has 0 fully saturated rings. The maximum absolute atomic E-state index is 13.1. The molecule has 5 heteroatoms. The van der Waals surface area contributed by atoms with Crippen molar-refractivity contribution in [2.24, 2.45) is 0 Å². The summed E-state index contributed by atoms with van der Waals surface area (Å²) < 4.78 is 13.1. The minimum absolute atomic E-state index is 0.0748. The first-order valence-electron chi connectivity index (χ1n) is 8.70. The van der Waals surface area contributed by atoms with Crippen molar-refractivity contribution in [1.29, 1.82) is 0 Å². The van der Waals surface area contributed by atoms with E-state index in [0.29, 0.717) is 0 Å². The number of fused-ring (bicyclic) bond motifs is 1. The average Bonchev–Trinajstić information content (AvgIpc) is 3.10. The summed E-state index contributed by atoms with van der Waals surface area (Å²) in [7, 11) is 0. The lowest BCUT2D eigenvalue weighted by Crippen LogP contribution is -2.36. The topological polar surface area (TPSA) is 33.2 Å². The Kier molecular flexibility index (Phi) is 4.55. The summed E-state index contributed by atoms with van der Waals surface area (Å²) in [6.07, 6.45) is 2.29. The third-order valence-corrected chi connectivity index (χ3v) is 5.57. The van der Waals surface area contributed by atoms with Crippen LogP contribution in [0.1, 0.15) is 23.2 Å². The van der Waals surface area contributed by atoms with Gasteiger partial charge in [0.05, 0.1) is 12.1 Å². The van der Waals surface area contributed by atoms with E-state index in [0.717, 1.165) is 41.3 Å². The number of hydrogen-bond donors (Lipinski definition) is 0. The van der Waals surface area contributed by atoms with Crippen LogP contribution in [0.4, 0.5) is 10.1 Å². The molecule has 1 aromatic heterocycles. The number of rotatable bonds is 3. The maximum Gasteiger partial charge on any atom is 0.233 e. The van der Waals surface area contributed by atoms with Gasteiger partial charge in [-0.25, -0.2) is 9.37 Å². The van der Waals surface area contributed by atoms with E-state index < -0.39 is 0 Å². The molecule has 0 atom stereocenters. The molecule has 132 valence electrons. The summed E-state index contributed by atoms with van der Waals surface area (Å²) in [6, 6.07) is 12.5. The number of hydrogen-bond acceptors (Lipinski definition) is 3. The van der Waals surface area contributed by atoms with Crippen molar-refractivity contribution in [3.63, 3.8) is 0 Å². The van der Waals surface area contributed by atoms with Gasteiger partial charge in [-0.2, -0.15) is 0 Å². The lowest BCUT2D eigenvalue weighted by atomic mass is 9.99. The van der Waals surface area contributed by atoms with Gasteiger partial charge in [0.25, 0.3) is 0 Å². The van der Waals surface area contributed by atoms with E-state index in [2.05, 4.69) is 24.0 Å². The van der Waals surface area contributed by atoms with Crippen LogP contribution in [0.2, 0.25) is 0 Å². The van der Waals surface area contributed by atoms with Crippen molar-refractivity contribution in [2.75, 3.05) is 11.4 Å². The van der Waals surface area contributed by atoms with Gasteiger partial charge < -0.3 is 4.90 Å². The van der Waals surface area contributed by atoms with Crippen molar-refractivity contribution >= 4 is 22.9 Å². The Morgan fingerprint density at radius 1 is 1.23 bits per heavy atom. The number of amides is 1. The largest absolute Gasteiger partial charge is 0.312 e. The fourth-order valence-electron chi connectivity index (χ4n) is 3.35. The quantitative estimate of drug-likeness (QED) is 0.668. The highest BCUT2D eigenvalue weighted by Crippen LogP contribution is 2.29. The second-order valence-electron chi connectivity index (χ2n) is 6.61. The van der Waals surface area contributed by atoms with E-state index in [4.69, 9.17) is 0 Å². The predicted molar refractivity (Wildman–Crippen MR) is 103 cm³/mol. The highest BCUT2D eigenvalue weighted by atomic mass is 32.1. The van der Waals surface area contributed by atoms with Gasteiger partial charge >= 0.3 is 0 Å². The minimum Gasteiger partial charge on any atom is -0.312 e. The van der Waals surface area contributed by atoms with Gasteiger partial charge in [-0.1, -0.05) is 17.7 Å². The van der Waals surface area contributed by atoms with Crippen molar-refractivity contribution in [3.05, 3.63) is 70.5 Å². The molecule has 26 heavy (non-hydrogen) atoms. The first-order chi connectivity index (χ1) is 12.6. The van der Waals surface area contributed by atoms with Crippen LogP contribution in [-0.2, 0) is 17.6 Å². The first kappa shape index (κ1) is 16.9. The van der Waals surface area contributed by atoms with Crippen LogP contribution in [-0.4, -0.2) is 17.4 Å². The van der Waals surface area contributed by atoms with Crippen LogP contribution in [0.25, 0.3) is 10.6 Å². The second-order valence-corrected chi connectivity index (χ2v) is 7.47. The summed E-state index contributed by atoms with van der Waals surface area (Å²) in [4.78, 5) is 19.3. The van der Waals surface area contributed by atoms with Gasteiger partial charge in [-0.15, -0.1) is 11.3 Å². The molecule has 2 heterocycles. The summed E-state index contributed by atoms with van der Waals surface area (Å²) in [5.74, 6) is -0.189. The molecular weight excluding hydrogens is 347 g/mol. The third-order valence-electron chi connectivity index (χ3n) is 4.63. The molecule has 0 bridgehead atoms. The Morgan fingerprint density at radius 3 is 2.85 bits per heavy atom. The van der Waals surface area contributed by atoms with Crippen molar-refractivity contribution in [3.8, 4) is 10.6 Å². The molecule has 0 saturated heterocycles. The third kappa shape index (κ3) is 3.40. The highest BCUT2D eigenvalue weighted by molar-refractivity contribution is 7.13. The van der Waals surface area contributed by atoms with Crippen molar-refractivity contribution in [2.45, 2.75) is 26.2 Å². The SMILES string of the molecule is Cc1ccc2c(c1)CCCN2C(=O)Cc1csc(-c2ccc(F)cc2)n1. The molecular formula is C21H19FN2OS. The number of carbonyl (C=O) groups is 1. The Balaban J connectivity index is 1.52. The molecule has 1 amide bonds. The van der Waals surface area contributed by atoms with Crippen LogP contribution in [0.15, 0.2) is 47.8 Å². The van der Waals surface area contributed by atoms with Crippen molar-refractivity contribution < 1.29 is 9.18 Å². The van der Waals surface area contributed by atoms with Gasteiger partial charge in [0.2, 0.25) is 5.91 Å². The summed E-state index contributed by atoms with van der Waals surface area (Å²) in [6.45, 7) is 2.83. The lowest BCUT2D eigenvalue weighted by molar-refractivity contribution is -0.118. The number of carbonyl (C=O) groups excluding carboxylic acids is 1. The molecule has 0 saturated carbocycles. The molecule has 0 unspecified atom stereocenters. The maximum atomic E-state index is 13.1.